The maximum atomic E-state index is 13.0. The summed E-state index contributed by atoms with van der Waals surface area (Å²) in [7, 11) is 0. The molecule has 1 unspecified atom stereocenters. The van der Waals surface area contributed by atoms with Crippen LogP contribution in [-0.2, 0) is 6.54 Å². The number of benzene rings is 1. The molecule has 4 aliphatic carbocycles. The van der Waals surface area contributed by atoms with Gasteiger partial charge >= 0.3 is 0 Å². The number of hydrogen-bond donors (Lipinski definition) is 1. The van der Waals surface area contributed by atoms with Gasteiger partial charge in [0.25, 0.3) is 5.56 Å². The molecule has 30 heavy (non-hydrogen) atoms. The van der Waals surface area contributed by atoms with Gasteiger partial charge in [0, 0.05) is 11.4 Å². The predicted molar refractivity (Wildman–Crippen MR) is 118 cm³/mol. The quantitative estimate of drug-likeness (QED) is 0.631. The van der Waals surface area contributed by atoms with Crippen LogP contribution in [0.4, 0.5) is 0 Å². The zero-order valence-electron chi connectivity index (χ0n) is 17.3. The molecule has 4 fully saturated rings. The van der Waals surface area contributed by atoms with E-state index in [-0.39, 0.29) is 11.6 Å². The Morgan fingerprint density at radius 1 is 1.17 bits per heavy atom. The average Bonchev–Trinajstić information content (AvgIpc) is 3.08. The third-order valence-electron chi connectivity index (χ3n) is 8.19. The summed E-state index contributed by atoms with van der Waals surface area (Å²) in [5.41, 5.74) is 0.226. The van der Waals surface area contributed by atoms with Crippen LogP contribution in [-0.4, -0.2) is 24.5 Å². The fourth-order valence-corrected chi connectivity index (χ4v) is 7.49. The van der Waals surface area contributed by atoms with E-state index in [1.807, 2.05) is 24.3 Å². The largest absolute Gasteiger partial charge is 0.299 e. The Balaban J connectivity index is 1.37. The Bertz CT molecular complexity index is 1200. The van der Waals surface area contributed by atoms with Gasteiger partial charge < -0.3 is 0 Å². The Labute approximate surface area is 180 Å². The zero-order chi connectivity index (χ0) is 20.5. The van der Waals surface area contributed by atoms with Crippen molar-refractivity contribution in [2.45, 2.75) is 58.0 Å². The monoisotopic (exact) mass is 421 g/mol. The van der Waals surface area contributed by atoms with Crippen molar-refractivity contribution in [3.8, 4) is 0 Å². The van der Waals surface area contributed by atoms with E-state index in [2.05, 4.69) is 26.8 Å². The molecule has 0 amide bonds. The third kappa shape index (κ3) is 2.74. The van der Waals surface area contributed by atoms with Gasteiger partial charge in [-0.1, -0.05) is 18.2 Å². The smallest absolute Gasteiger partial charge is 0.275 e. The zero-order valence-corrected chi connectivity index (χ0v) is 18.1. The summed E-state index contributed by atoms with van der Waals surface area (Å²) in [5, 5.41) is 13.5. The maximum Gasteiger partial charge on any atom is 0.275 e. The van der Waals surface area contributed by atoms with Gasteiger partial charge in [-0.3, -0.25) is 14.5 Å². The van der Waals surface area contributed by atoms with Crippen LogP contribution < -0.4 is 5.56 Å². The minimum Gasteiger partial charge on any atom is -0.299 e. The number of fused-ring (bicyclic) bond motifs is 1. The van der Waals surface area contributed by atoms with Crippen molar-refractivity contribution >= 4 is 23.0 Å². The lowest BCUT2D eigenvalue weighted by Crippen LogP contribution is -2.49. The molecule has 4 saturated carbocycles. The van der Waals surface area contributed by atoms with Gasteiger partial charge in [0.05, 0.1) is 11.6 Å². The van der Waals surface area contributed by atoms with E-state index in [4.69, 9.17) is 12.2 Å². The van der Waals surface area contributed by atoms with Gasteiger partial charge in [0.1, 0.15) is 6.54 Å². The molecular formula is C23H27N5OS. The second-order valence-corrected chi connectivity index (χ2v) is 10.4. The number of rotatable bonds is 4. The first kappa shape index (κ1) is 18.5. The molecule has 0 radical (unpaired) electrons. The Morgan fingerprint density at radius 3 is 2.53 bits per heavy atom. The molecule has 6 nitrogen and oxygen atoms in total. The molecule has 7 heteroatoms. The second kappa shape index (κ2) is 6.61. The van der Waals surface area contributed by atoms with Gasteiger partial charge in [-0.15, -0.1) is 0 Å². The van der Waals surface area contributed by atoms with E-state index < -0.39 is 0 Å². The van der Waals surface area contributed by atoms with E-state index in [1.54, 1.807) is 6.20 Å². The van der Waals surface area contributed by atoms with Crippen LogP contribution in [0.3, 0.4) is 0 Å². The summed E-state index contributed by atoms with van der Waals surface area (Å²) in [5.74, 6) is 3.45. The SMILES string of the molecule is CC(n1c(Cn2ncc3ccccc3c2=O)n[nH]c1=S)C12CC3CC(CC(C3)C1)C2. The number of aromatic amines is 1. The van der Waals surface area contributed by atoms with Crippen LogP contribution in [0, 0.1) is 27.9 Å². The van der Waals surface area contributed by atoms with Crippen molar-refractivity contribution in [3.05, 3.63) is 51.4 Å². The van der Waals surface area contributed by atoms with Gasteiger partial charge in [-0.05, 0) is 86.9 Å². The van der Waals surface area contributed by atoms with Crippen molar-refractivity contribution in [3.63, 3.8) is 0 Å². The van der Waals surface area contributed by atoms with Gasteiger partial charge in [-0.2, -0.15) is 10.2 Å². The van der Waals surface area contributed by atoms with E-state index in [9.17, 15) is 4.79 Å². The fourth-order valence-electron chi connectivity index (χ4n) is 7.19. The highest BCUT2D eigenvalue weighted by Crippen LogP contribution is 2.63. The van der Waals surface area contributed by atoms with Gasteiger partial charge in [0.2, 0.25) is 0 Å². The Morgan fingerprint density at radius 2 is 1.83 bits per heavy atom. The minimum atomic E-state index is -0.0870. The number of aromatic nitrogens is 5. The molecule has 7 rings (SSSR count). The lowest BCUT2D eigenvalue weighted by Gasteiger charge is -2.59. The first-order chi connectivity index (χ1) is 14.5. The van der Waals surface area contributed by atoms with Crippen LogP contribution >= 0.6 is 12.2 Å². The normalized spacial score (nSPS) is 30.8. The van der Waals surface area contributed by atoms with E-state index in [1.165, 1.54) is 43.2 Å². The lowest BCUT2D eigenvalue weighted by molar-refractivity contribution is -0.0796. The lowest BCUT2D eigenvalue weighted by atomic mass is 9.48. The molecule has 0 aliphatic heterocycles. The summed E-state index contributed by atoms with van der Waals surface area (Å²) in [6.07, 6.45) is 9.94. The summed E-state index contributed by atoms with van der Waals surface area (Å²) in [4.78, 5) is 13.0. The average molecular weight is 422 g/mol. The molecule has 1 aromatic carbocycles. The molecule has 1 atom stereocenters. The highest BCUT2D eigenvalue weighted by atomic mass is 32.1. The number of nitrogens with one attached hydrogen (secondary N) is 1. The highest BCUT2D eigenvalue weighted by Gasteiger charge is 2.53. The molecule has 2 heterocycles. The van der Waals surface area contributed by atoms with Crippen LogP contribution in [0.25, 0.3) is 10.8 Å². The molecular weight excluding hydrogens is 394 g/mol. The first-order valence-electron chi connectivity index (χ1n) is 11.1. The van der Waals surface area contributed by atoms with E-state index in [0.717, 1.165) is 29.0 Å². The molecule has 4 bridgehead atoms. The molecule has 2 aromatic heterocycles. The van der Waals surface area contributed by atoms with Gasteiger partial charge in [-0.25, -0.2) is 4.68 Å². The maximum absolute atomic E-state index is 13.0. The third-order valence-corrected chi connectivity index (χ3v) is 8.48. The Kier molecular flexibility index (Phi) is 4.07. The molecule has 3 aromatic rings. The van der Waals surface area contributed by atoms with E-state index >= 15 is 0 Å². The summed E-state index contributed by atoms with van der Waals surface area (Å²) >= 11 is 5.67. The van der Waals surface area contributed by atoms with E-state index in [0.29, 0.717) is 22.1 Å². The molecule has 1 N–H and O–H groups in total. The minimum absolute atomic E-state index is 0.0870. The van der Waals surface area contributed by atoms with Crippen LogP contribution in [0.2, 0.25) is 0 Å². The molecule has 0 spiro atoms. The van der Waals surface area contributed by atoms with Crippen LogP contribution in [0.1, 0.15) is 57.3 Å². The summed E-state index contributed by atoms with van der Waals surface area (Å²) in [6, 6.07) is 7.86. The summed E-state index contributed by atoms with van der Waals surface area (Å²) < 4.78 is 4.35. The van der Waals surface area contributed by atoms with Crippen molar-refractivity contribution in [1.82, 2.24) is 24.5 Å². The first-order valence-corrected chi connectivity index (χ1v) is 11.5. The number of hydrogen-bond acceptors (Lipinski definition) is 4. The number of H-pyrrole nitrogens is 1. The fraction of sp³-hybridized carbons (Fsp3) is 0.565. The standard InChI is InChI=1S/C23H27N5OS/c1-14(23-9-15-6-16(10-23)8-17(7-15)11-23)28-20(25-26-22(28)30)13-27-21(29)19-5-3-2-4-18(19)12-24-27/h2-5,12,14-17H,6-11,13H2,1H3,(H,26,30). The second-order valence-electron chi connectivity index (χ2n) is 9.97. The van der Waals surface area contributed by atoms with Crippen molar-refractivity contribution in [1.29, 1.82) is 0 Å². The summed E-state index contributed by atoms with van der Waals surface area (Å²) in [6.45, 7) is 2.64. The molecule has 156 valence electrons. The topological polar surface area (TPSA) is 68.5 Å². The van der Waals surface area contributed by atoms with Crippen molar-refractivity contribution in [2.24, 2.45) is 23.2 Å². The highest BCUT2D eigenvalue weighted by molar-refractivity contribution is 7.71. The van der Waals surface area contributed by atoms with Crippen molar-refractivity contribution < 1.29 is 0 Å². The van der Waals surface area contributed by atoms with Gasteiger partial charge in [0.15, 0.2) is 10.6 Å². The number of nitrogens with zero attached hydrogens (tertiary/aromatic N) is 4. The molecule has 4 aliphatic rings. The van der Waals surface area contributed by atoms with Crippen LogP contribution in [0.15, 0.2) is 35.3 Å². The predicted octanol–water partition coefficient (Wildman–Crippen LogP) is 4.48. The van der Waals surface area contributed by atoms with Crippen molar-refractivity contribution in [2.75, 3.05) is 0 Å². The molecule has 0 saturated heterocycles. The Hall–Kier alpha value is -2.28. The van der Waals surface area contributed by atoms with Crippen LogP contribution in [0.5, 0.6) is 0 Å².